The number of hydrogen-bond donors (Lipinski definition) is 1. The van der Waals surface area contributed by atoms with Gasteiger partial charge in [-0.25, -0.2) is 4.98 Å². The summed E-state index contributed by atoms with van der Waals surface area (Å²) >= 11 is 6.70. The van der Waals surface area contributed by atoms with Gasteiger partial charge in [-0.05, 0) is 29.8 Å². The average Bonchev–Trinajstić information content (AvgIpc) is 3.05. The van der Waals surface area contributed by atoms with Crippen LogP contribution in [0.25, 0.3) is 15.8 Å². The van der Waals surface area contributed by atoms with Crippen molar-refractivity contribution in [3.63, 3.8) is 0 Å². The van der Waals surface area contributed by atoms with Crippen LogP contribution >= 0.6 is 22.9 Å². The number of aliphatic hydroxyl groups excluding tert-OH is 1. The van der Waals surface area contributed by atoms with Gasteiger partial charge in [0.05, 0.1) is 20.7 Å². The number of aromatic nitrogens is 1. The molecule has 0 saturated carbocycles. The summed E-state index contributed by atoms with van der Waals surface area (Å²) in [6, 6.07) is 8.72. The molecule has 6 nitrogen and oxygen atoms in total. The minimum atomic E-state index is -4.53. The first kappa shape index (κ1) is 20.6. The lowest BCUT2D eigenvalue weighted by Gasteiger charge is -2.05. The maximum atomic E-state index is 12.9. The molecule has 0 spiro atoms. The Kier molecular flexibility index (Phi) is 5.46. The number of aliphatic hydroxyl groups is 1. The third-order valence-corrected chi connectivity index (χ3v) is 5.28. The van der Waals surface area contributed by atoms with Crippen LogP contribution in [0.1, 0.15) is 16.1 Å². The van der Waals surface area contributed by atoms with Gasteiger partial charge < -0.3 is 5.11 Å². The van der Waals surface area contributed by atoms with E-state index in [-0.39, 0.29) is 33.2 Å². The van der Waals surface area contributed by atoms with Gasteiger partial charge in [0.2, 0.25) is 0 Å². The van der Waals surface area contributed by atoms with Crippen LogP contribution in [0, 0.1) is 21.4 Å². The highest BCUT2D eigenvalue weighted by atomic mass is 35.5. The van der Waals surface area contributed by atoms with Gasteiger partial charge >= 0.3 is 6.18 Å². The smallest absolute Gasteiger partial charge is 0.416 e. The van der Waals surface area contributed by atoms with Crippen LogP contribution in [0.4, 0.5) is 18.9 Å². The summed E-state index contributed by atoms with van der Waals surface area (Å²) in [5.41, 5.74) is -1.08. The highest BCUT2D eigenvalue weighted by Gasteiger charge is 2.31. The molecule has 0 amide bonds. The predicted molar refractivity (Wildman–Crippen MR) is 102 cm³/mol. The lowest BCUT2D eigenvalue weighted by atomic mass is 10.1. The first-order valence-corrected chi connectivity index (χ1v) is 9.02. The summed E-state index contributed by atoms with van der Waals surface area (Å²) < 4.78 is 39.0. The molecule has 1 heterocycles. The summed E-state index contributed by atoms with van der Waals surface area (Å²) in [6.07, 6.45) is -4.75. The molecule has 2 aromatic carbocycles. The van der Waals surface area contributed by atoms with Gasteiger partial charge in [0.1, 0.15) is 27.4 Å². The molecule has 11 heteroatoms. The van der Waals surface area contributed by atoms with E-state index in [2.05, 4.69) is 4.98 Å². The van der Waals surface area contributed by atoms with Crippen molar-refractivity contribution in [3.8, 4) is 6.07 Å². The Balaban J connectivity index is 2.00. The zero-order valence-electron chi connectivity index (χ0n) is 14.2. The number of thiazole rings is 1. The molecule has 3 rings (SSSR count). The standard InChI is InChI=1S/C18H9ClF3N3O3S/c19-12-3-1-9(5-14(12)25(27)28)6-15(26)11(8-23)17-24-13-7-10(18(20,21)22)2-4-16(13)29-17/h1-5,7,26H,6H2. The van der Waals surface area contributed by atoms with Crippen molar-refractivity contribution in [1.82, 2.24) is 4.98 Å². The van der Waals surface area contributed by atoms with E-state index in [0.717, 1.165) is 23.5 Å². The van der Waals surface area contributed by atoms with Crippen LogP contribution in [-0.2, 0) is 12.6 Å². The number of benzene rings is 2. The Bertz CT molecular complexity index is 1200. The van der Waals surface area contributed by atoms with Crippen LogP contribution in [0.15, 0.2) is 42.2 Å². The maximum Gasteiger partial charge on any atom is 0.416 e. The van der Waals surface area contributed by atoms with Gasteiger partial charge in [0.25, 0.3) is 5.69 Å². The zero-order chi connectivity index (χ0) is 21.3. The van der Waals surface area contributed by atoms with Crippen molar-refractivity contribution >= 4 is 44.4 Å². The van der Waals surface area contributed by atoms with Crippen molar-refractivity contribution < 1.29 is 23.2 Å². The monoisotopic (exact) mass is 439 g/mol. The quantitative estimate of drug-likeness (QED) is 0.235. The molecule has 29 heavy (non-hydrogen) atoms. The van der Waals surface area contributed by atoms with E-state index >= 15 is 0 Å². The second-order valence-electron chi connectivity index (χ2n) is 5.85. The molecule has 148 valence electrons. The summed E-state index contributed by atoms with van der Waals surface area (Å²) in [6.45, 7) is 0. The number of nitro benzene ring substituents is 1. The molecule has 0 atom stereocenters. The Morgan fingerprint density at radius 2 is 2.03 bits per heavy atom. The molecule has 0 radical (unpaired) electrons. The lowest BCUT2D eigenvalue weighted by Crippen LogP contribution is -2.03. The molecule has 3 aromatic rings. The third-order valence-electron chi connectivity index (χ3n) is 3.91. The Morgan fingerprint density at radius 3 is 2.66 bits per heavy atom. The first-order valence-electron chi connectivity index (χ1n) is 7.83. The van der Waals surface area contributed by atoms with Gasteiger partial charge in [0.15, 0.2) is 0 Å². The molecular formula is C18H9ClF3N3O3S. The fourth-order valence-corrected chi connectivity index (χ4v) is 3.69. The molecule has 0 aliphatic rings. The number of alkyl halides is 3. The predicted octanol–water partition coefficient (Wildman–Crippen LogP) is 5.91. The Morgan fingerprint density at radius 1 is 1.31 bits per heavy atom. The minimum absolute atomic E-state index is 0.0440. The van der Waals surface area contributed by atoms with Gasteiger partial charge in [-0.3, -0.25) is 10.1 Å². The number of nitriles is 1. The van der Waals surface area contributed by atoms with E-state index < -0.39 is 22.4 Å². The summed E-state index contributed by atoms with van der Waals surface area (Å²) in [4.78, 5) is 14.3. The van der Waals surface area contributed by atoms with E-state index in [1.807, 2.05) is 0 Å². The van der Waals surface area contributed by atoms with Gasteiger partial charge in [-0.15, -0.1) is 11.3 Å². The summed E-state index contributed by atoms with van der Waals surface area (Å²) in [7, 11) is 0. The molecule has 0 bridgehead atoms. The molecule has 1 aromatic heterocycles. The molecule has 0 aliphatic heterocycles. The Labute approximate surface area is 170 Å². The van der Waals surface area contributed by atoms with E-state index in [1.165, 1.54) is 24.3 Å². The topological polar surface area (TPSA) is 100 Å². The first-order chi connectivity index (χ1) is 13.6. The second-order valence-corrected chi connectivity index (χ2v) is 7.29. The van der Waals surface area contributed by atoms with Crippen molar-refractivity contribution in [2.45, 2.75) is 12.6 Å². The van der Waals surface area contributed by atoms with Crippen LogP contribution in [0.3, 0.4) is 0 Å². The van der Waals surface area contributed by atoms with Gasteiger partial charge in [0, 0.05) is 12.5 Å². The van der Waals surface area contributed by atoms with Crippen molar-refractivity contribution in [2.75, 3.05) is 0 Å². The maximum absolute atomic E-state index is 12.9. The van der Waals surface area contributed by atoms with Crippen LogP contribution < -0.4 is 0 Å². The van der Waals surface area contributed by atoms with E-state index in [0.29, 0.717) is 10.3 Å². The van der Waals surface area contributed by atoms with Crippen molar-refractivity contribution in [2.24, 2.45) is 0 Å². The van der Waals surface area contributed by atoms with Gasteiger partial charge in [-0.2, -0.15) is 18.4 Å². The number of rotatable bonds is 4. The third kappa shape index (κ3) is 4.31. The molecule has 0 unspecified atom stereocenters. The summed E-state index contributed by atoms with van der Waals surface area (Å²) in [5.74, 6) is -0.417. The summed E-state index contributed by atoms with van der Waals surface area (Å²) in [5, 5.41) is 30.7. The molecular weight excluding hydrogens is 431 g/mol. The van der Waals surface area contributed by atoms with Crippen LogP contribution in [0.5, 0.6) is 0 Å². The molecule has 0 saturated heterocycles. The van der Waals surface area contributed by atoms with Crippen molar-refractivity contribution in [3.05, 3.63) is 73.4 Å². The van der Waals surface area contributed by atoms with E-state index in [1.54, 1.807) is 6.07 Å². The Hall–Kier alpha value is -3.16. The lowest BCUT2D eigenvalue weighted by molar-refractivity contribution is -0.384. The zero-order valence-corrected chi connectivity index (χ0v) is 15.8. The molecule has 1 N–H and O–H groups in total. The van der Waals surface area contributed by atoms with Crippen LogP contribution in [-0.4, -0.2) is 15.0 Å². The SMILES string of the molecule is N#CC(=C(O)Cc1ccc(Cl)c([N+](=O)[O-])c1)c1nc2cc(C(F)(F)F)ccc2s1. The van der Waals surface area contributed by atoms with E-state index in [9.17, 15) is 33.7 Å². The average molecular weight is 440 g/mol. The number of hydrogen-bond acceptors (Lipinski definition) is 6. The number of halogens is 4. The van der Waals surface area contributed by atoms with E-state index in [4.69, 9.17) is 11.6 Å². The van der Waals surface area contributed by atoms with Crippen LogP contribution in [0.2, 0.25) is 5.02 Å². The minimum Gasteiger partial charge on any atom is -0.510 e. The number of fused-ring (bicyclic) bond motifs is 1. The highest BCUT2D eigenvalue weighted by Crippen LogP contribution is 2.35. The normalized spacial score (nSPS) is 12.5. The number of nitro groups is 1. The highest BCUT2D eigenvalue weighted by molar-refractivity contribution is 7.19. The van der Waals surface area contributed by atoms with Crippen molar-refractivity contribution in [1.29, 1.82) is 5.26 Å². The second kappa shape index (κ2) is 7.69. The largest absolute Gasteiger partial charge is 0.510 e. The fraction of sp³-hybridized carbons (Fsp3) is 0.111. The van der Waals surface area contributed by atoms with Gasteiger partial charge in [-0.1, -0.05) is 17.7 Å². The molecule has 0 aliphatic carbocycles. The fourth-order valence-electron chi connectivity index (χ4n) is 2.54. The number of allylic oxidation sites excluding steroid dienone is 2. The molecule has 0 fully saturated rings. The number of nitrogens with zero attached hydrogens (tertiary/aromatic N) is 3.